The third kappa shape index (κ3) is 3.70. The minimum atomic E-state index is -4.46. The van der Waals surface area contributed by atoms with Crippen molar-refractivity contribution >= 4 is 31.3 Å². The van der Waals surface area contributed by atoms with Gasteiger partial charge in [0.25, 0.3) is 0 Å². The second-order valence-corrected chi connectivity index (χ2v) is 11.1. The lowest BCUT2D eigenvalue weighted by atomic mass is 10.1. The summed E-state index contributed by atoms with van der Waals surface area (Å²) < 4.78 is 66.8. The van der Waals surface area contributed by atoms with Gasteiger partial charge in [0.2, 0.25) is 19.7 Å². The maximum atomic E-state index is 14.2. The molecule has 1 fully saturated rings. The van der Waals surface area contributed by atoms with E-state index >= 15 is 0 Å². The highest BCUT2D eigenvalue weighted by Crippen LogP contribution is 2.40. The van der Waals surface area contributed by atoms with Crippen LogP contribution in [0.15, 0.2) is 86.3 Å². The first kappa shape index (κ1) is 20.1. The summed E-state index contributed by atoms with van der Waals surface area (Å²) in [5.41, 5.74) is 1.05. The van der Waals surface area contributed by atoms with Crippen LogP contribution in [-0.2, 0) is 19.7 Å². The van der Waals surface area contributed by atoms with Gasteiger partial charge in [-0.05, 0) is 66.8 Å². The van der Waals surface area contributed by atoms with Crippen LogP contribution in [0, 0.1) is 5.82 Å². The number of sulfone groups is 2. The van der Waals surface area contributed by atoms with Crippen LogP contribution in [0.4, 0.5) is 4.39 Å². The Morgan fingerprint density at radius 1 is 0.759 bits per heavy atom. The molecule has 3 aromatic rings. The first-order valence-corrected chi connectivity index (χ1v) is 12.2. The SMILES string of the molecule is O=S(=O)(c1ccc(C2CC2)cc1)c1ccc(Cl)cc1S(=O)(=O)c1ccccc1F. The molecule has 0 atom stereocenters. The molecule has 0 bridgehead atoms. The van der Waals surface area contributed by atoms with Crippen molar-refractivity contribution in [3.63, 3.8) is 0 Å². The van der Waals surface area contributed by atoms with E-state index < -0.39 is 40.2 Å². The molecule has 0 aliphatic heterocycles. The summed E-state index contributed by atoms with van der Waals surface area (Å²) in [5, 5.41) is 0.0305. The lowest BCUT2D eigenvalue weighted by Crippen LogP contribution is -2.12. The van der Waals surface area contributed by atoms with Crippen LogP contribution in [0.2, 0.25) is 5.02 Å². The molecule has 0 heterocycles. The van der Waals surface area contributed by atoms with Gasteiger partial charge in [-0.25, -0.2) is 21.2 Å². The number of hydrogen-bond acceptors (Lipinski definition) is 4. The molecule has 0 unspecified atom stereocenters. The Labute approximate surface area is 173 Å². The third-order valence-electron chi connectivity index (χ3n) is 4.85. The second-order valence-electron chi connectivity index (χ2n) is 6.87. The molecule has 0 spiro atoms. The zero-order chi connectivity index (χ0) is 20.8. The Balaban J connectivity index is 1.88. The second kappa shape index (κ2) is 7.23. The van der Waals surface area contributed by atoms with E-state index in [9.17, 15) is 21.2 Å². The molecule has 0 N–H and O–H groups in total. The number of hydrogen-bond donors (Lipinski definition) is 0. The van der Waals surface area contributed by atoms with Crippen LogP contribution in [0.1, 0.15) is 24.3 Å². The highest BCUT2D eigenvalue weighted by atomic mass is 35.5. The highest BCUT2D eigenvalue weighted by molar-refractivity contribution is 7.94. The summed E-state index contributed by atoms with van der Waals surface area (Å²) >= 11 is 5.96. The van der Waals surface area contributed by atoms with Crippen molar-refractivity contribution in [3.8, 4) is 0 Å². The number of halogens is 2. The van der Waals surface area contributed by atoms with Crippen LogP contribution in [-0.4, -0.2) is 16.8 Å². The monoisotopic (exact) mass is 450 g/mol. The topological polar surface area (TPSA) is 68.3 Å². The van der Waals surface area contributed by atoms with Gasteiger partial charge < -0.3 is 0 Å². The quantitative estimate of drug-likeness (QED) is 0.547. The van der Waals surface area contributed by atoms with Crippen LogP contribution in [0.25, 0.3) is 0 Å². The van der Waals surface area contributed by atoms with E-state index in [1.165, 1.54) is 30.3 Å². The number of rotatable bonds is 5. The van der Waals surface area contributed by atoms with Crippen molar-refractivity contribution in [2.24, 2.45) is 0 Å². The molecule has 1 aliphatic rings. The molecule has 3 aromatic carbocycles. The summed E-state index contributed by atoms with van der Waals surface area (Å²) in [7, 11) is -8.64. The minimum absolute atomic E-state index is 0.0305. The molecule has 0 aromatic heterocycles. The van der Waals surface area contributed by atoms with E-state index in [2.05, 4.69) is 0 Å². The average Bonchev–Trinajstić information content (AvgIpc) is 3.53. The Kier molecular flexibility index (Phi) is 5.01. The fraction of sp³-hybridized carbons (Fsp3) is 0.143. The van der Waals surface area contributed by atoms with E-state index in [0.29, 0.717) is 5.92 Å². The Morgan fingerprint density at radius 3 is 2.03 bits per heavy atom. The molecule has 1 saturated carbocycles. The van der Waals surface area contributed by atoms with Crippen molar-refractivity contribution in [1.82, 2.24) is 0 Å². The predicted octanol–water partition coefficient (Wildman–Crippen LogP) is 5.02. The van der Waals surface area contributed by atoms with Gasteiger partial charge in [-0.3, -0.25) is 0 Å². The molecule has 150 valence electrons. The maximum absolute atomic E-state index is 14.2. The summed E-state index contributed by atoms with van der Waals surface area (Å²) in [6.07, 6.45) is 2.16. The van der Waals surface area contributed by atoms with Crippen molar-refractivity contribution in [2.45, 2.75) is 38.3 Å². The van der Waals surface area contributed by atoms with Gasteiger partial charge in [-0.2, -0.15) is 0 Å². The van der Waals surface area contributed by atoms with Crippen LogP contribution >= 0.6 is 11.6 Å². The molecule has 1 aliphatic carbocycles. The fourth-order valence-electron chi connectivity index (χ4n) is 3.16. The van der Waals surface area contributed by atoms with Crippen molar-refractivity contribution < 1.29 is 21.2 Å². The third-order valence-corrected chi connectivity index (χ3v) is 8.87. The number of benzene rings is 3. The molecule has 8 heteroatoms. The largest absolute Gasteiger partial charge is 0.218 e. The predicted molar refractivity (Wildman–Crippen MR) is 107 cm³/mol. The molecule has 0 amide bonds. The van der Waals surface area contributed by atoms with Gasteiger partial charge >= 0.3 is 0 Å². The van der Waals surface area contributed by atoms with Crippen molar-refractivity contribution in [1.29, 1.82) is 0 Å². The fourth-order valence-corrected chi connectivity index (χ4v) is 6.81. The Bertz CT molecular complexity index is 1300. The van der Waals surface area contributed by atoms with E-state index in [-0.39, 0.29) is 9.92 Å². The van der Waals surface area contributed by atoms with Gasteiger partial charge in [0, 0.05) is 5.02 Å². The summed E-state index contributed by atoms with van der Waals surface area (Å²) in [5.74, 6) is -0.510. The maximum Gasteiger partial charge on any atom is 0.210 e. The first-order valence-electron chi connectivity index (χ1n) is 8.85. The van der Waals surface area contributed by atoms with Crippen LogP contribution in [0.5, 0.6) is 0 Å². The Morgan fingerprint density at radius 2 is 1.41 bits per heavy atom. The standard InChI is InChI=1S/C21H16ClFO4S2/c22-16-9-12-20(21(13-16)29(26,27)19-4-2-1-3-18(19)23)28(24,25)17-10-7-15(8-11-17)14-5-6-14/h1-4,7-14H,5-6H2. The summed E-state index contributed by atoms with van der Waals surface area (Å²) in [6.45, 7) is 0. The van der Waals surface area contributed by atoms with Crippen LogP contribution < -0.4 is 0 Å². The van der Waals surface area contributed by atoms with E-state index in [1.54, 1.807) is 12.1 Å². The van der Waals surface area contributed by atoms with E-state index in [0.717, 1.165) is 42.7 Å². The van der Waals surface area contributed by atoms with Gasteiger partial charge in [-0.1, -0.05) is 35.9 Å². The van der Waals surface area contributed by atoms with E-state index in [1.807, 2.05) is 0 Å². The summed E-state index contributed by atoms with van der Waals surface area (Å²) in [6, 6.07) is 14.7. The van der Waals surface area contributed by atoms with Gasteiger partial charge in [0.1, 0.15) is 10.7 Å². The lowest BCUT2D eigenvalue weighted by Gasteiger charge is -2.13. The normalized spacial score (nSPS) is 14.7. The van der Waals surface area contributed by atoms with Crippen molar-refractivity contribution in [3.05, 3.63) is 83.1 Å². The lowest BCUT2D eigenvalue weighted by molar-refractivity contribution is 0.562. The molecule has 4 nitrogen and oxygen atoms in total. The average molecular weight is 451 g/mol. The van der Waals surface area contributed by atoms with Gasteiger partial charge in [0.15, 0.2) is 0 Å². The molecule has 29 heavy (non-hydrogen) atoms. The van der Waals surface area contributed by atoms with Gasteiger partial charge in [0.05, 0.1) is 14.7 Å². The van der Waals surface area contributed by atoms with Crippen LogP contribution in [0.3, 0.4) is 0 Å². The van der Waals surface area contributed by atoms with Crippen molar-refractivity contribution in [2.75, 3.05) is 0 Å². The summed E-state index contributed by atoms with van der Waals surface area (Å²) in [4.78, 5) is -1.64. The van der Waals surface area contributed by atoms with Gasteiger partial charge in [-0.15, -0.1) is 0 Å². The minimum Gasteiger partial charge on any atom is -0.218 e. The molecule has 0 saturated heterocycles. The highest BCUT2D eigenvalue weighted by Gasteiger charge is 2.31. The first-order chi connectivity index (χ1) is 13.7. The molecular formula is C21H16ClFO4S2. The Hall–Kier alpha value is -2.22. The smallest absolute Gasteiger partial charge is 0.210 e. The molecule has 0 radical (unpaired) electrons. The zero-order valence-electron chi connectivity index (χ0n) is 15.0. The van der Waals surface area contributed by atoms with E-state index in [4.69, 9.17) is 11.6 Å². The molecule has 4 rings (SSSR count). The zero-order valence-corrected chi connectivity index (χ0v) is 17.4. The molecular weight excluding hydrogens is 435 g/mol.